The largest absolute Gasteiger partial charge is 0.489 e. The molecule has 2 rings (SSSR count). The number of carbonyl (C=O) groups is 1. The van der Waals surface area contributed by atoms with E-state index in [4.69, 9.17) is 9.47 Å². The van der Waals surface area contributed by atoms with Gasteiger partial charge in [0.15, 0.2) is 0 Å². The Morgan fingerprint density at radius 1 is 1.30 bits per heavy atom. The highest BCUT2D eigenvalue weighted by Crippen LogP contribution is 2.22. The number of amides is 1. The lowest BCUT2D eigenvalue weighted by Gasteiger charge is -2.24. The monoisotopic (exact) mass is 341 g/mol. The smallest absolute Gasteiger partial charge is 0.410 e. The summed E-state index contributed by atoms with van der Waals surface area (Å²) in [4.78, 5) is 13.6. The zero-order valence-electron chi connectivity index (χ0n) is 12.1. The van der Waals surface area contributed by atoms with Crippen molar-refractivity contribution >= 4 is 22.0 Å². The van der Waals surface area contributed by atoms with Crippen LogP contribution in [-0.4, -0.2) is 35.8 Å². The molecule has 0 aliphatic carbocycles. The Morgan fingerprint density at radius 2 is 1.95 bits per heavy atom. The molecule has 0 N–H and O–H groups in total. The number of hydrogen-bond donors (Lipinski definition) is 0. The topological polar surface area (TPSA) is 38.8 Å². The molecule has 20 heavy (non-hydrogen) atoms. The number of hydrogen-bond acceptors (Lipinski definition) is 3. The minimum absolute atomic E-state index is 0.0312. The zero-order valence-corrected chi connectivity index (χ0v) is 13.6. The second-order valence-electron chi connectivity index (χ2n) is 5.91. The second-order valence-corrected chi connectivity index (χ2v) is 6.82. The van der Waals surface area contributed by atoms with Crippen LogP contribution in [0.5, 0.6) is 5.75 Å². The SMILES string of the molecule is CC(C)(C)OC(=O)N1CC[C@H](Oc2ccc(Br)cc2)C1. The molecular weight excluding hydrogens is 322 g/mol. The molecule has 1 saturated heterocycles. The lowest BCUT2D eigenvalue weighted by molar-refractivity contribution is 0.0275. The van der Waals surface area contributed by atoms with Gasteiger partial charge in [-0.3, -0.25) is 0 Å². The first kappa shape index (κ1) is 15.2. The van der Waals surface area contributed by atoms with Crippen molar-refractivity contribution in [1.29, 1.82) is 0 Å². The highest BCUT2D eigenvalue weighted by Gasteiger charge is 2.30. The van der Waals surface area contributed by atoms with Crippen LogP contribution in [0.15, 0.2) is 28.7 Å². The minimum atomic E-state index is -0.457. The lowest BCUT2D eigenvalue weighted by atomic mass is 10.2. The number of rotatable bonds is 2. The van der Waals surface area contributed by atoms with E-state index in [2.05, 4.69) is 15.9 Å². The number of carbonyl (C=O) groups excluding carboxylic acids is 1. The van der Waals surface area contributed by atoms with Gasteiger partial charge < -0.3 is 14.4 Å². The van der Waals surface area contributed by atoms with Crippen LogP contribution in [0.25, 0.3) is 0 Å². The molecule has 1 heterocycles. The first-order valence-corrected chi connectivity index (χ1v) is 7.53. The van der Waals surface area contributed by atoms with Crippen LogP contribution in [0.4, 0.5) is 4.79 Å². The summed E-state index contributed by atoms with van der Waals surface area (Å²) in [6, 6.07) is 7.71. The van der Waals surface area contributed by atoms with E-state index in [1.165, 1.54) is 0 Å². The maximum Gasteiger partial charge on any atom is 0.410 e. The Hall–Kier alpha value is -1.23. The van der Waals surface area contributed by atoms with Crippen molar-refractivity contribution in [3.63, 3.8) is 0 Å². The maximum absolute atomic E-state index is 11.9. The maximum atomic E-state index is 11.9. The van der Waals surface area contributed by atoms with Crippen molar-refractivity contribution in [3.8, 4) is 5.75 Å². The third-order valence-electron chi connectivity index (χ3n) is 2.91. The molecule has 1 atom stereocenters. The van der Waals surface area contributed by atoms with Crippen LogP contribution in [0.1, 0.15) is 27.2 Å². The van der Waals surface area contributed by atoms with E-state index in [1.807, 2.05) is 45.0 Å². The van der Waals surface area contributed by atoms with E-state index in [0.29, 0.717) is 13.1 Å². The Bertz CT molecular complexity index is 467. The summed E-state index contributed by atoms with van der Waals surface area (Å²) in [7, 11) is 0. The van der Waals surface area contributed by atoms with Gasteiger partial charge in [0.05, 0.1) is 6.54 Å². The Morgan fingerprint density at radius 3 is 2.55 bits per heavy atom. The highest BCUT2D eigenvalue weighted by atomic mass is 79.9. The van der Waals surface area contributed by atoms with E-state index in [-0.39, 0.29) is 12.2 Å². The minimum Gasteiger partial charge on any atom is -0.489 e. The summed E-state index contributed by atoms with van der Waals surface area (Å²) in [6.45, 7) is 6.87. The Balaban J connectivity index is 1.86. The Labute approximate surface area is 128 Å². The molecule has 0 radical (unpaired) electrons. The van der Waals surface area contributed by atoms with Gasteiger partial charge >= 0.3 is 6.09 Å². The standard InChI is InChI=1S/C15H20BrNO3/c1-15(2,3)20-14(18)17-9-8-13(10-17)19-12-6-4-11(16)5-7-12/h4-7,13H,8-10H2,1-3H3/t13-/m0/s1. The van der Waals surface area contributed by atoms with Gasteiger partial charge in [0.25, 0.3) is 0 Å². The van der Waals surface area contributed by atoms with E-state index in [9.17, 15) is 4.79 Å². The summed E-state index contributed by atoms with van der Waals surface area (Å²) < 4.78 is 12.3. The second kappa shape index (κ2) is 6.04. The quantitative estimate of drug-likeness (QED) is 0.820. The van der Waals surface area contributed by atoms with E-state index >= 15 is 0 Å². The molecule has 5 heteroatoms. The van der Waals surface area contributed by atoms with E-state index < -0.39 is 5.60 Å². The van der Waals surface area contributed by atoms with Gasteiger partial charge in [-0.1, -0.05) is 15.9 Å². The fraction of sp³-hybridized carbons (Fsp3) is 0.533. The fourth-order valence-corrected chi connectivity index (χ4v) is 2.29. The van der Waals surface area contributed by atoms with Gasteiger partial charge in [-0.05, 0) is 45.0 Å². The molecule has 4 nitrogen and oxygen atoms in total. The average molecular weight is 342 g/mol. The van der Waals surface area contributed by atoms with Gasteiger partial charge in [0.1, 0.15) is 17.5 Å². The molecular formula is C15H20BrNO3. The predicted octanol–water partition coefficient (Wildman–Crippen LogP) is 3.84. The van der Waals surface area contributed by atoms with Crippen molar-refractivity contribution in [3.05, 3.63) is 28.7 Å². The summed E-state index contributed by atoms with van der Waals surface area (Å²) in [5, 5.41) is 0. The first-order valence-electron chi connectivity index (χ1n) is 6.74. The van der Waals surface area contributed by atoms with Crippen molar-refractivity contribution in [2.24, 2.45) is 0 Å². The van der Waals surface area contributed by atoms with E-state index in [1.54, 1.807) is 4.90 Å². The molecule has 1 aliphatic heterocycles. The predicted molar refractivity (Wildman–Crippen MR) is 81.0 cm³/mol. The van der Waals surface area contributed by atoms with Crippen LogP contribution in [0.2, 0.25) is 0 Å². The summed E-state index contributed by atoms with van der Waals surface area (Å²) >= 11 is 3.39. The summed E-state index contributed by atoms with van der Waals surface area (Å²) in [5.74, 6) is 0.823. The van der Waals surface area contributed by atoms with E-state index in [0.717, 1.165) is 16.6 Å². The van der Waals surface area contributed by atoms with Crippen LogP contribution in [0.3, 0.4) is 0 Å². The van der Waals surface area contributed by atoms with Crippen LogP contribution >= 0.6 is 15.9 Å². The van der Waals surface area contributed by atoms with Crippen molar-refractivity contribution in [1.82, 2.24) is 4.90 Å². The molecule has 1 amide bonds. The molecule has 0 aromatic heterocycles. The molecule has 0 bridgehead atoms. The van der Waals surface area contributed by atoms with Gasteiger partial charge in [-0.15, -0.1) is 0 Å². The van der Waals surface area contributed by atoms with Gasteiger partial charge in [0.2, 0.25) is 0 Å². The summed E-state index contributed by atoms with van der Waals surface area (Å²) in [5.41, 5.74) is -0.457. The number of halogens is 1. The number of likely N-dealkylation sites (tertiary alicyclic amines) is 1. The number of benzene rings is 1. The Kier molecular flexibility index (Phi) is 4.58. The van der Waals surface area contributed by atoms with Gasteiger partial charge in [0, 0.05) is 17.4 Å². The molecule has 0 spiro atoms. The zero-order chi connectivity index (χ0) is 14.8. The summed E-state index contributed by atoms with van der Waals surface area (Å²) in [6.07, 6.45) is 0.595. The van der Waals surface area contributed by atoms with Crippen LogP contribution in [-0.2, 0) is 4.74 Å². The average Bonchev–Trinajstić information content (AvgIpc) is 2.79. The molecule has 1 fully saturated rings. The molecule has 110 valence electrons. The van der Waals surface area contributed by atoms with Crippen molar-refractivity contribution in [2.75, 3.05) is 13.1 Å². The third kappa shape index (κ3) is 4.40. The fourth-order valence-electron chi connectivity index (χ4n) is 2.02. The van der Waals surface area contributed by atoms with Crippen molar-refractivity contribution in [2.45, 2.75) is 38.9 Å². The third-order valence-corrected chi connectivity index (χ3v) is 3.44. The van der Waals surface area contributed by atoms with Gasteiger partial charge in [-0.25, -0.2) is 4.79 Å². The number of ether oxygens (including phenoxy) is 2. The van der Waals surface area contributed by atoms with Crippen LogP contribution in [0, 0.1) is 0 Å². The molecule has 1 aromatic carbocycles. The number of nitrogens with zero attached hydrogens (tertiary/aromatic N) is 1. The molecule has 1 aromatic rings. The molecule has 1 aliphatic rings. The normalized spacial score (nSPS) is 19.0. The van der Waals surface area contributed by atoms with Crippen LogP contribution < -0.4 is 4.74 Å². The highest BCUT2D eigenvalue weighted by molar-refractivity contribution is 9.10. The first-order chi connectivity index (χ1) is 9.33. The molecule has 0 saturated carbocycles. The van der Waals surface area contributed by atoms with Crippen molar-refractivity contribution < 1.29 is 14.3 Å². The molecule has 0 unspecified atom stereocenters. The lowest BCUT2D eigenvalue weighted by Crippen LogP contribution is -2.36. The van der Waals surface area contributed by atoms with Gasteiger partial charge in [-0.2, -0.15) is 0 Å².